The van der Waals surface area contributed by atoms with E-state index in [1.54, 1.807) is 26.4 Å². The highest BCUT2D eigenvalue weighted by Gasteiger charge is 2.35. The Morgan fingerprint density at radius 2 is 1.65 bits per heavy atom. The van der Waals surface area contributed by atoms with E-state index in [1.807, 2.05) is 72.8 Å². The van der Waals surface area contributed by atoms with Gasteiger partial charge in [-0.1, -0.05) is 54.6 Å². The van der Waals surface area contributed by atoms with Crippen LogP contribution in [0.1, 0.15) is 33.9 Å². The van der Waals surface area contributed by atoms with Crippen LogP contribution in [0.2, 0.25) is 0 Å². The first kappa shape index (κ1) is 21.5. The molecule has 1 N–H and O–H groups in total. The van der Waals surface area contributed by atoms with E-state index in [4.69, 9.17) is 14.6 Å². The number of hydrazone groups is 1. The SMILES string of the molecule is COc1ccc([C@@H]2CC(c3ccc4ccccc4c3O)=NN2C(=O)c2ccccc2)cc1OC. The predicted molar refractivity (Wildman–Crippen MR) is 132 cm³/mol. The summed E-state index contributed by atoms with van der Waals surface area (Å²) in [6.07, 6.45) is 0.444. The maximum Gasteiger partial charge on any atom is 0.274 e. The van der Waals surface area contributed by atoms with Gasteiger partial charge in [-0.15, -0.1) is 0 Å². The number of ether oxygens (including phenoxy) is 2. The van der Waals surface area contributed by atoms with Gasteiger partial charge in [0.25, 0.3) is 5.91 Å². The van der Waals surface area contributed by atoms with Gasteiger partial charge >= 0.3 is 0 Å². The molecule has 1 heterocycles. The van der Waals surface area contributed by atoms with Gasteiger partial charge in [0.15, 0.2) is 11.5 Å². The first-order valence-electron chi connectivity index (χ1n) is 11.0. The Morgan fingerprint density at radius 1 is 0.912 bits per heavy atom. The summed E-state index contributed by atoms with van der Waals surface area (Å²) in [7, 11) is 3.17. The van der Waals surface area contributed by atoms with Crippen LogP contribution in [-0.4, -0.2) is 36.0 Å². The van der Waals surface area contributed by atoms with Crippen molar-refractivity contribution < 1.29 is 19.4 Å². The zero-order valence-electron chi connectivity index (χ0n) is 18.9. The molecular formula is C28H24N2O4. The van der Waals surface area contributed by atoms with Crippen molar-refractivity contribution >= 4 is 22.4 Å². The molecule has 0 aliphatic carbocycles. The number of benzene rings is 4. The summed E-state index contributed by atoms with van der Waals surface area (Å²) in [6, 6.07) is 25.8. The van der Waals surface area contributed by atoms with E-state index in [-0.39, 0.29) is 17.7 Å². The average molecular weight is 453 g/mol. The highest BCUT2D eigenvalue weighted by Crippen LogP contribution is 2.40. The summed E-state index contributed by atoms with van der Waals surface area (Å²) in [5.41, 5.74) is 2.67. The Balaban J connectivity index is 1.60. The van der Waals surface area contributed by atoms with E-state index in [1.165, 1.54) is 5.01 Å². The van der Waals surface area contributed by atoms with Crippen LogP contribution in [0, 0.1) is 0 Å². The molecule has 0 unspecified atom stereocenters. The van der Waals surface area contributed by atoms with Crippen LogP contribution in [0.25, 0.3) is 10.8 Å². The molecule has 0 radical (unpaired) electrons. The maximum absolute atomic E-state index is 13.5. The molecule has 6 heteroatoms. The number of methoxy groups -OCH3 is 2. The van der Waals surface area contributed by atoms with Gasteiger partial charge in [-0.3, -0.25) is 4.79 Å². The van der Waals surface area contributed by atoms with Gasteiger partial charge in [0.1, 0.15) is 5.75 Å². The summed E-state index contributed by atoms with van der Waals surface area (Å²) in [4.78, 5) is 13.5. The van der Waals surface area contributed by atoms with Gasteiger partial charge in [-0.25, -0.2) is 5.01 Å². The van der Waals surface area contributed by atoms with Crippen molar-refractivity contribution in [3.05, 3.63) is 102 Å². The van der Waals surface area contributed by atoms with E-state index >= 15 is 0 Å². The number of carbonyl (C=O) groups is 1. The van der Waals surface area contributed by atoms with Crippen molar-refractivity contribution in [1.82, 2.24) is 5.01 Å². The Morgan fingerprint density at radius 3 is 2.41 bits per heavy atom. The maximum atomic E-state index is 13.5. The average Bonchev–Trinajstić information content (AvgIpc) is 3.34. The summed E-state index contributed by atoms with van der Waals surface area (Å²) in [5.74, 6) is 1.14. The van der Waals surface area contributed by atoms with E-state index in [0.29, 0.717) is 34.8 Å². The van der Waals surface area contributed by atoms with Crippen LogP contribution < -0.4 is 9.47 Å². The molecule has 4 aromatic carbocycles. The van der Waals surface area contributed by atoms with Gasteiger partial charge in [0.2, 0.25) is 0 Å². The number of nitrogens with zero attached hydrogens (tertiary/aromatic N) is 2. The van der Waals surface area contributed by atoms with Crippen LogP contribution in [0.4, 0.5) is 0 Å². The topological polar surface area (TPSA) is 71.4 Å². The molecule has 0 spiro atoms. The summed E-state index contributed by atoms with van der Waals surface area (Å²) in [6.45, 7) is 0. The third-order valence-corrected chi connectivity index (χ3v) is 6.14. The summed E-state index contributed by atoms with van der Waals surface area (Å²) in [5, 5.41) is 19.0. The van der Waals surface area contributed by atoms with Gasteiger partial charge in [-0.05, 0) is 41.3 Å². The van der Waals surface area contributed by atoms with Crippen molar-refractivity contribution in [3.63, 3.8) is 0 Å². The minimum Gasteiger partial charge on any atom is -0.507 e. The molecule has 4 aromatic rings. The van der Waals surface area contributed by atoms with Crippen LogP contribution in [0.3, 0.4) is 0 Å². The number of phenolic OH excluding ortho intramolecular Hbond substituents is 1. The molecule has 1 aliphatic rings. The van der Waals surface area contributed by atoms with E-state index in [0.717, 1.165) is 16.3 Å². The second-order valence-electron chi connectivity index (χ2n) is 8.08. The lowest BCUT2D eigenvalue weighted by Crippen LogP contribution is -2.27. The Kier molecular flexibility index (Phi) is 5.64. The van der Waals surface area contributed by atoms with Crippen molar-refractivity contribution in [1.29, 1.82) is 0 Å². The van der Waals surface area contributed by atoms with Crippen LogP contribution >= 0.6 is 0 Å². The number of carbonyl (C=O) groups excluding carboxylic acids is 1. The molecule has 0 saturated heterocycles. The predicted octanol–water partition coefficient (Wildman–Crippen LogP) is 5.55. The third kappa shape index (κ3) is 3.73. The monoisotopic (exact) mass is 452 g/mol. The minimum atomic E-state index is -0.367. The lowest BCUT2D eigenvalue weighted by molar-refractivity contribution is 0.0711. The number of fused-ring (bicyclic) bond motifs is 1. The molecule has 34 heavy (non-hydrogen) atoms. The highest BCUT2D eigenvalue weighted by molar-refractivity contribution is 6.10. The normalized spacial score (nSPS) is 15.3. The Hall–Kier alpha value is -4.32. The second kappa shape index (κ2) is 8.90. The summed E-state index contributed by atoms with van der Waals surface area (Å²) >= 11 is 0. The zero-order valence-corrected chi connectivity index (χ0v) is 18.9. The fourth-order valence-corrected chi connectivity index (χ4v) is 4.38. The number of hydrogen-bond donors (Lipinski definition) is 1. The van der Waals surface area contributed by atoms with Crippen molar-refractivity contribution in [2.75, 3.05) is 14.2 Å². The van der Waals surface area contributed by atoms with Gasteiger partial charge < -0.3 is 14.6 Å². The highest BCUT2D eigenvalue weighted by atomic mass is 16.5. The first-order chi connectivity index (χ1) is 16.6. The smallest absolute Gasteiger partial charge is 0.274 e. The molecule has 0 saturated carbocycles. The van der Waals surface area contributed by atoms with Crippen LogP contribution in [-0.2, 0) is 0 Å². The molecule has 6 nitrogen and oxygen atoms in total. The third-order valence-electron chi connectivity index (χ3n) is 6.14. The molecular weight excluding hydrogens is 428 g/mol. The minimum absolute atomic E-state index is 0.164. The van der Waals surface area contributed by atoms with Crippen molar-refractivity contribution in [2.24, 2.45) is 5.10 Å². The number of aromatic hydroxyl groups is 1. The molecule has 0 bridgehead atoms. The number of hydrogen-bond acceptors (Lipinski definition) is 5. The molecule has 5 rings (SSSR count). The molecule has 0 fully saturated rings. The van der Waals surface area contributed by atoms with Gasteiger partial charge in [0, 0.05) is 22.9 Å². The fourth-order valence-electron chi connectivity index (χ4n) is 4.38. The van der Waals surface area contributed by atoms with E-state index < -0.39 is 0 Å². The second-order valence-corrected chi connectivity index (χ2v) is 8.08. The van der Waals surface area contributed by atoms with Gasteiger partial charge in [0.05, 0.1) is 26.0 Å². The van der Waals surface area contributed by atoms with Crippen LogP contribution in [0.15, 0.2) is 90.0 Å². The van der Waals surface area contributed by atoms with Crippen molar-refractivity contribution in [2.45, 2.75) is 12.5 Å². The molecule has 1 atom stereocenters. The lowest BCUT2D eigenvalue weighted by atomic mass is 9.95. The molecule has 1 aliphatic heterocycles. The first-order valence-corrected chi connectivity index (χ1v) is 11.0. The quantitative estimate of drug-likeness (QED) is 0.431. The zero-order chi connectivity index (χ0) is 23.7. The van der Waals surface area contributed by atoms with E-state index in [9.17, 15) is 9.90 Å². The Bertz CT molecular complexity index is 1400. The molecule has 170 valence electrons. The van der Waals surface area contributed by atoms with Crippen LogP contribution in [0.5, 0.6) is 17.2 Å². The fraction of sp³-hybridized carbons (Fsp3) is 0.143. The Labute approximate surface area is 197 Å². The number of phenols is 1. The summed E-state index contributed by atoms with van der Waals surface area (Å²) < 4.78 is 10.9. The number of amides is 1. The van der Waals surface area contributed by atoms with E-state index in [2.05, 4.69) is 0 Å². The number of rotatable bonds is 5. The largest absolute Gasteiger partial charge is 0.507 e. The molecule has 0 aromatic heterocycles. The molecule has 1 amide bonds. The van der Waals surface area contributed by atoms with Gasteiger partial charge in [-0.2, -0.15) is 5.10 Å². The lowest BCUT2D eigenvalue weighted by Gasteiger charge is -2.23. The standard InChI is InChI=1S/C28H24N2O4/c1-33-25-15-13-20(16-26(25)34-2)24-17-23(29-30(24)28(32)19-9-4-3-5-10-19)22-14-12-18-8-6-7-11-21(18)27(22)31/h3-16,24,31H,17H2,1-2H3/t24-/m0/s1. The van der Waals surface area contributed by atoms with Crippen molar-refractivity contribution in [3.8, 4) is 17.2 Å².